The minimum absolute atomic E-state index is 0.0200. The molecule has 0 bridgehead atoms. The van der Waals surface area contributed by atoms with Crippen LogP contribution in [-0.4, -0.2) is 28.7 Å². The maximum Gasteiger partial charge on any atom is 0.303 e. The van der Waals surface area contributed by atoms with E-state index in [1.165, 1.54) is 19.2 Å². The van der Waals surface area contributed by atoms with Gasteiger partial charge in [-0.3, -0.25) is 10.1 Å². The summed E-state index contributed by atoms with van der Waals surface area (Å²) in [6.07, 6.45) is 0. The summed E-state index contributed by atoms with van der Waals surface area (Å²) < 4.78 is 4.81. The van der Waals surface area contributed by atoms with Gasteiger partial charge in [-0.1, -0.05) is 5.92 Å². The molecule has 0 unspecified atom stereocenters. The third-order valence-electron chi connectivity index (χ3n) is 1.54. The van der Waals surface area contributed by atoms with Crippen molar-refractivity contribution in [1.82, 2.24) is 4.98 Å². The lowest BCUT2D eigenvalue weighted by atomic mass is 10.3. The molecule has 0 fully saturated rings. The van der Waals surface area contributed by atoms with Crippen molar-refractivity contribution in [2.45, 2.75) is 0 Å². The van der Waals surface area contributed by atoms with Crippen LogP contribution >= 0.6 is 0 Å². The SMILES string of the molecule is COc1ccc([N+](=O)[O-])c(C#CCO)n1. The summed E-state index contributed by atoms with van der Waals surface area (Å²) in [6.45, 7) is -0.379. The van der Waals surface area contributed by atoms with Crippen LogP contribution in [-0.2, 0) is 0 Å². The van der Waals surface area contributed by atoms with Crippen molar-refractivity contribution in [3.8, 4) is 17.7 Å². The van der Waals surface area contributed by atoms with E-state index in [0.717, 1.165) is 0 Å². The van der Waals surface area contributed by atoms with E-state index in [9.17, 15) is 10.1 Å². The van der Waals surface area contributed by atoms with Crippen LogP contribution in [0, 0.1) is 22.0 Å². The van der Waals surface area contributed by atoms with Gasteiger partial charge in [-0.2, -0.15) is 4.98 Å². The van der Waals surface area contributed by atoms with Crippen molar-refractivity contribution in [2.24, 2.45) is 0 Å². The zero-order valence-corrected chi connectivity index (χ0v) is 7.93. The number of methoxy groups -OCH3 is 1. The number of rotatable bonds is 2. The standard InChI is InChI=1S/C9H8N2O4/c1-15-9-5-4-8(11(13)14)7(10-9)3-2-6-12/h4-5,12H,6H2,1H3. The Labute approximate surface area is 85.7 Å². The van der Waals surface area contributed by atoms with Gasteiger partial charge < -0.3 is 9.84 Å². The van der Waals surface area contributed by atoms with Gasteiger partial charge in [0.25, 0.3) is 0 Å². The fourth-order valence-electron chi connectivity index (χ4n) is 0.910. The van der Waals surface area contributed by atoms with Gasteiger partial charge in [0, 0.05) is 12.1 Å². The number of hydrogen-bond donors (Lipinski definition) is 1. The molecule has 0 aliphatic rings. The highest BCUT2D eigenvalue weighted by Gasteiger charge is 2.14. The van der Waals surface area contributed by atoms with Crippen molar-refractivity contribution >= 4 is 5.69 Å². The fourth-order valence-corrected chi connectivity index (χ4v) is 0.910. The molecule has 0 saturated heterocycles. The van der Waals surface area contributed by atoms with Crippen LogP contribution in [0.5, 0.6) is 5.88 Å². The number of aliphatic hydroxyl groups is 1. The summed E-state index contributed by atoms with van der Waals surface area (Å²) in [7, 11) is 1.40. The van der Waals surface area contributed by atoms with E-state index < -0.39 is 4.92 Å². The summed E-state index contributed by atoms with van der Waals surface area (Å²) in [5.41, 5.74) is -0.231. The minimum atomic E-state index is -0.589. The molecule has 0 aromatic carbocycles. The number of aromatic nitrogens is 1. The molecule has 15 heavy (non-hydrogen) atoms. The normalized spacial score (nSPS) is 8.93. The molecule has 1 N–H and O–H groups in total. The molecule has 0 amide bonds. The summed E-state index contributed by atoms with van der Waals surface area (Å²) in [5, 5.41) is 19.1. The van der Waals surface area contributed by atoms with Crippen LogP contribution in [0.2, 0.25) is 0 Å². The van der Waals surface area contributed by atoms with Crippen LogP contribution < -0.4 is 4.74 Å². The molecule has 0 saturated carbocycles. The predicted octanol–water partition coefficient (Wildman–Crippen LogP) is 0.342. The highest BCUT2D eigenvalue weighted by molar-refractivity contribution is 5.47. The van der Waals surface area contributed by atoms with E-state index in [2.05, 4.69) is 16.8 Å². The molecule has 6 heteroatoms. The van der Waals surface area contributed by atoms with E-state index in [4.69, 9.17) is 9.84 Å². The first-order valence-corrected chi connectivity index (χ1v) is 3.98. The fraction of sp³-hybridized carbons (Fsp3) is 0.222. The van der Waals surface area contributed by atoms with Crippen LogP contribution in [0.4, 0.5) is 5.69 Å². The van der Waals surface area contributed by atoms with Crippen molar-refractivity contribution in [1.29, 1.82) is 0 Å². The number of nitro groups is 1. The lowest BCUT2D eigenvalue weighted by Crippen LogP contribution is -1.97. The molecule has 6 nitrogen and oxygen atoms in total. The number of hydrogen-bond acceptors (Lipinski definition) is 5. The first kappa shape index (κ1) is 10.9. The number of ether oxygens (including phenoxy) is 1. The van der Waals surface area contributed by atoms with Gasteiger partial charge >= 0.3 is 5.69 Å². The van der Waals surface area contributed by atoms with Gasteiger partial charge in [-0.05, 0) is 5.92 Å². The largest absolute Gasteiger partial charge is 0.481 e. The summed E-state index contributed by atoms with van der Waals surface area (Å²) in [4.78, 5) is 13.8. The summed E-state index contributed by atoms with van der Waals surface area (Å²) in [5.74, 6) is 4.92. The smallest absolute Gasteiger partial charge is 0.303 e. The molecule has 1 rings (SSSR count). The van der Waals surface area contributed by atoms with Gasteiger partial charge in [0.05, 0.1) is 12.0 Å². The molecule has 0 aliphatic heterocycles. The van der Waals surface area contributed by atoms with Crippen molar-refractivity contribution in [3.05, 3.63) is 27.9 Å². The first-order chi connectivity index (χ1) is 7.19. The Balaban J connectivity index is 3.22. The number of aliphatic hydroxyl groups excluding tert-OH is 1. The second kappa shape index (κ2) is 4.93. The molecule has 0 radical (unpaired) electrons. The average Bonchev–Trinajstić information content (AvgIpc) is 2.25. The van der Waals surface area contributed by atoms with Gasteiger partial charge in [-0.15, -0.1) is 0 Å². The van der Waals surface area contributed by atoms with E-state index >= 15 is 0 Å². The Morgan fingerprint density at radius 2 is 2.40 bits per heavy atom. The second-order valence-corrected chi connectivity index (χ2v) is 2.44. The molecular weight excluding hydrogens is 200 g/mol. The van der Waals surface area contributed by atoms with Crippen molar-refractivity contribution < 1.29 is 14.8 Å². The van der Waals surface area contributed by atoms with Crippen molar-refractivity contribution in [3.63, 3.8) is 0 Å². The Morgan fingerprint density at radius 1 is 1.67 bits per heavy atom. The molecule has 0 atom stereocenters. The Hall–Kier alpha value is -2.13. The van der Waals surface area contributed by atoms with Crippen LogP contribution in [0.3, 0.4) is 0 Å². The lowest BCUT2D eigenvalue weighted by Gasteiger charge is -1.99. The molecule has 0 aliphatic carbocycles. The highest BCUT2D eigenvalue weighted by Crippen LogP contribution is 2.18. The van der Waals surface area contributed by atoms with Crippen LogP contribution in [0.1, 0.15) is 5.69 Å². The average molecular weight is 208 g/mol. The summed E-state index contributed by atoms with van der Waals surface area (Å²) >= 11 is 0. The van der Waals surface area contributed by atoms with E-state index in [1.807, 2.05) is 0 Å². The van der Waals surface area contributed by atoms with Gasteiger partial charge in [0.1, 0.15) is 6.61 Å². The van der Waals surface area contributed by atoms with Crippen LogP contribution in [0.25, 0.3) is 0 Å². The third-order valence-corrected chi connectivity index (χ3v) is 1.54. The van der Waals surface area contributed by atoms with Crippen LogP contribution in [0.15, 0.2) is 12.1 Å². The topological polar surface area (TPSA) is 85.5 Å². The maximum atomic E-state index is 10.6. The van der Waals surface area contributed by atoms with E-state index in [-0.39, 0.29) is 23.9 Å². The minimum Gasteiger partial charge on any atom is -0.481 e. The second-order valence-electron chi connectivity index (χ2n) is 2.44. The third kappa shape index (κ3) is 2.65. The van der Waals surface area contributed by atoms with Gasteiger partial charge in [0.2, 0.25) is 5.88 Å². The zero-order valence-electron chi connectivity index (χ0n) is 7.93. The summed E-state index contributed by atoms with van der Waals surface area (Å²) in [6, 6.07) is 2.63. The first-order valence-electron chi connectivity index (χ1n) is 3.98. The quantitative estimate of drug-likeness (QED) is 0.430. The molecule has 1 aromatic heterocycles. The molecule has 78 valence electrons. The van der Waals surface area contributed by atoms with Gasteiger partial charge in [0.15, 0.2) is 5.69 Å². The number of pyridine rings is 1. The molecule has 1 heterocycles. The highest BCUT2D eigenvalue weighted by atomic mass is 16.6. The van der Waals surface area contributed by atoms with E-state index in [1.54, 1.807) is 0 Å². The Bertz CT molecular complexity index is 433. The molecule has 0 spiro atoms. The zero-order chi connectivity index (χ0) is 11.3. The van der Waals surface area contributed by atoms with Gasteiger partial charge in [-0.25, -0.2) is 0 Å². The molecular formula is C9H8N2O4. The maximum absolute atomic E-state index is 10.6. The van der Waals surface area contributed by atoms with Crippen molar-refractivity contribution in [2.75, 3.05) is 13.7 Å². The molecule has 1 aromatic rings. The Kier molecular flexibility index (Phi) is 3.60. The monoisotopic (exact) mass is 208 g/mol. The number of nitrogens with zero attached hydrogens (tertiary/aromatic N) is 2. The predicted molar refractivity (Wildman–Crippen MR) is 51.4 cm³/mol. The Morgan fingerprint density at radius 3 is 2.93 bits per heavy atom. The lowest BCUT2D eigenvalue weighted by molar-refractivity contribution is -0.385. The van der Waals surface area contributed by atoms with E-state index in [0.29, 0.717) is 0 Å².